The van der Waals surface area contributed by atoms with Gasteiger partial charge in [0.25, 0.3) is 6.71 Å². The van der Waals surface area contributed by atoms with Gasteiger partial charge < -0.3 is 14.7 Å². The van der Waals surface area contributed by atoms with Crippen LogP contribution in [-0.4, -0.2) is 6.71 Å². The summed E-state index contributed by atoms with van der Waals surface area (Å²) in [4.78, 5) is 7.98. The molecule has 0 saturated carbocycles. The van der Waals surface area contributed by atoms with E-state index in [1.54, 1.807) is 0 Å². The van der Waals surface area contributed by atoms with Crippen LogP contribution in [0.25, 0.3) is 10.1 Å². The van der Waals surface area contributed by atoms with Crippen molar-refractivity contribution >= 4 is 95.0 Å². The summed E-state index contributed by atoms with van der Waals surface area (Å²) in [6, 6.07) is 54.5. The molecule has 3 nitrogen and oxygen atoms in total. The highest BCUT2D eigenvalue weighted by Crippen LogP contribution is 2.57. The normalized spacial score (nSPS) is 17.8. The first-order valence-corrected chi connectivity index (χ1v) is 28.4. The maximum atomic E-state index is 2.82. The molecule has 0 N–H and O–H groups in total. The second-order valence-electron chi connectivity index (χ2n) is 27.2. The first-order chi connectivity index (χ1) is 34.9. The molecule has 74 heavy (non-hydrogen) atoms. The molecule has 0 spiro atoms. The van der Waals surface area contributed by atoms with Crippen LogP contribution in [-0.2, 0) is 32.5 Å². The van der Waals surface area contributed by atoms with Gasteiger partial charge in [0.1, 0.15) is 0 Å². The summed E-state index contributed by atoms with van der Waals surface area (Å²) in [7, 11) is 0. The molecule has 4 aliphatic rings. The van der Waals surface area contributed by atoms with Crippen LogP contribution in [0.5, 0.6) is 0 Å². The third-order valence-corrected chi connectivity index (χ3v) is 19.3. The van der Waals surface area contributed by atoms with Crippen molar-refractivity contribution in [3.05, 3.63) is 178 Å². The molecule has 376 valence electrons. The molecule has 0 saturated heterocycles. The van der Waals surface area contributed by atoms with E-state index in [0.29, 0.717) is 0 Å². The molecule has 8 aromatic rings. The largest absolute Gasteiger partial charge is 0.311 e. The van der Waals surface area contributed by atoms with Crippen molar-refractivity contribution in [2.24, 2.45) is 0 Å². The van der Waals surface area contributed by atoms with Crippen molar-refractivity contribution < 1.29 is 0 Å². The molecule has 0 bridgehead atoms. The Morgan fingerprint density at radius 2 is 1.01 bits per heavy atom. The summed E-state index contributed by atoms with van der Waals surface area (Å²) in [5.41, 5.74) is 24.1. The van der Waals surface area contributed by atoms with E-state index in [1.807, 2.05) is 11.3 Å². The smallest absolute Gasteiger partial charge is 0.254 e. The lowest BCUT2D eigenvalue weighted by Gasteiger charge is -2.50. The van der Waals surface area contributed by atoms with Crippen LogP contribution >= 0.6 is 11.3 Å². The molecule has 2 aliphatic heterocycles. The first-order valence-electron chi connectivity index (χ1n) is 27.6. The van der Waals surface area contributed by atoms with Crippen LogP contribution in [0, 0.1) is 6.92 Å². The number of nitrogens with zero attached hydrogens (tertiary/aromatic N) is 3. The van der Waals surface area contributed by atoms with Crippen LogP contribution in [0.15, 0.2) is 140 Å². The third-order valence-electron chi connectivity index (χ3n) is 18.2. The predicted molar refractivity (Wildman–Crippen MR) is 323 cm³/mol. The van der Waals surface area contributed by atoms with Gasteiger partial charge in [-0.1, -0.05) is 176 Å². The van der Waals surface area contributed by atoms with Gasteiger partial charge in [0, 0.05) is 44.5 Å². The van der Waals surface area contributed by atoms with Crippen molar-refractivity contribution in [3.8, 4) is 0 Å². The zero-order valence-corrected chi connectivity index (χ0v) is 47.8. The number of aryl methyl sites for hydroxylation is 1. The minimum Gasteiger partial charge on any atom is -0.311 e. The van der Waals surface area contributed by atoms with Gasteiger partial charge in [0.05, 0.1) is 10.7 Å². The number of rotatable bonds is 5. The second-order valence-corrected chi connectivity index (χ2v) is 28.3. The molecule has 0 radical (unpaired) electrons. The maximum absolute atomic E-state index is 2.82. The molecular weight excluding hydrogens is 914 g/mol. The average molecular weight is 990 g/mol. The Hall–Kier alpha value is -6.04. The summed E-state index contributed by atoms with van der Waals surface area (Å²) in [5, 5.41) is 2.69. The minimum absolute atomic E-state index is 0.0115. The van der Waals surface area contributed by atoms with E-state index in [4.69, 9.17) is 0 Å². The van der Waals surface area contributed by atoms with E-state index in [1.165, 1.54) is 105 Å². The molecular formula is C69H76BN3S. The quantitative estimate of drug-likeness (QED) is 0.159. The van der Waals surface area contributed by atoms with E-state index in [0.717, 1.165) is 36.3 Å². The number of thiophene rings is 1. The first kappa shape index (κ1) is 48.9. The van der Waals surface area contributed by atoms with Gasteiger partial charge in [-0.15, -0.1) is 11.3 Å². The summed E-state index contributed by atoms with van der Waals surface area (Å²) >= 11 is 1.97. The molecule has 2 aliphatic carbocycles. The third kappa shape index (κ3) is 7.55. The van der Waals surface area contributed by atoms with Crippen LogP contribution < -0.4 is 31.1 Å². The minimum atomic E-state index is -0.0790. The number of anilines is 9. The van der Waals surface area contributed by atoms with Gasteiger partial charge in [-0.2, -0.15) is 0 Å². The Balaban J connectivity index is 1.28. The molecule has 7 aromatic carbocycles. The molecule has 5 heteroatoms. The van der Waals surface area contributed by atoms with Crippen molar-refractivity contribution in [1.29, 1.82) is 0 Å². The van der Waals surface area contributed by atoms with Crippen molar-refractivity contribution in [2.45, 2.75) is 162 Å². The topological polar surface area (TPSA) is 9.72 Å². The van der Waals surface area contributed by atoms with Crippen molar-refractivity contribution in [2.75, 3.05) is 14.7 Å². The molecule has 0 amide bonds. The lowest BCUT2D eigenvalue weighted by atomic mass is 9.33. The van der Waals surface area contributed by atoms with E-state index >= 15 is 0 Å². The Labute approximate surface area is 447 Å². The standard InChI is InChI=1S/C69H76BN3S/c1-43-38-52-53(68(12,13)35-34-67(52,10)11)42-55(43)73-57-41-49(71(46-22-18-16-19-23-46)47-24-20-17-21-25-47)40-56-61(57)70(54-32-31-51-59(62(54)73)69(14,15)37-36-66(51,8)9)60-50-39-45(65(5,6)7)28-33-58(50)74-63(60)72(56)48-29-26-44(27-30-48)64(2,3)4/h16-33,38-42H,34-37H2,1-15H3. The Morgan fingerprint density at radius 1 is 0.486 bits per heavy atom. The number of hydrogen-bond donors (Lipinski definition) is 0. The summed E-state index contributed by atoms with van der Waals surface area (Å²) in [6.07, 6.45) is 4.62. The number of fused-ring (bicyclic) bond motifs is 9. The van der Waals surface area contributed by atoms with Crippen molar-refractivity contribution in [3.63, 3.8) is 0 Å². The number of benzene rings is 7. The highest BCUT2D eigenvalue weighted by molar-refractivity contribution is 7.26. The van der Waals surface area contributed by atoms with E-state index in [-0.39, 0.29) is 39.2 Å². The highest BCUT2D eigenvalue weighted by Gasteiger charge is 2.50. The highest BCUT2D eigenvalue weighted by atomic mass is 32.1. The molecule has 0 fully saturated rings. The summed E-state index contributed by atoms with van der Waals surface area (Å²) < 4.78 is 1.34. The van der Waals surface area contributed by atoms with Gasteiger partial charge in [0.2, 0.25) is 0 Å². The molecule has 1 aromatic heterocycles. The zero-order valence-electron chi connectivity index (χ0n) is 46.9. The number of para-hydroxylation sites is 2. The van der Waals surface area contributed by atoms with E-state index in [9.17, 15) is 0 Å². The molecule has 0 atom stereocenters. The lowest BCUT2D eigenvalue weighted by Crippen LogP contribution is -2.62. The molecule has 12 rings (SSSR count). The fourth-order valence-corrected chi connectivity index (χ4v) is 14.7. The van der Waals surface area contributed by atoms with Crippen molar-refractivity contribution in [1.82, 2.24) is 0 Å². The summed E-state index contributed by atoms with van der Waals surface area (Å²) in [5.74, 6) is 0. The van der Waals surface area contributed by atoms with Crippen LogP contribution in [0.1, 0.15) is 162 Å². The predicted octanol–water partition coefficient (Wildman–Crippen LogP) is 18.1. The summed E-state index contributed by atoms with van der Waals surface area (Å²) in [6.45, 7) is 36.5. The molecule has 3 heterocycles. The van der Waals surface area contributed by atoms with Crippen LogP contribution in [0.2, 0.25) is 0 Å². The average Bonchev–Trinajstić information content (AvgIpc) is 3.73. The fourth-order valence-electron chi connectivity index (χ4n) is 13.5. The second kappa shape index (κ2) is 16.5. The van der Waals surface area contributed by atoms with Gasteiger partial charge >= 0.3 is 0 Å². The number of hydrogen-bond acceptors (Lipinski definition) is 4. The van der Waals surface area contributed by atoms with Gasteiger partial charge in [-0.25, -0.2) is 0 Å². The van der Waals surface area contributed by atoms with Gasteiger partial charge in [0.15, 0.2) is 0 Å². The lowest BCUT2D eigenvalue weighted by molar-refractivity contribution is 0.331. The Morgan fingerprint density at radius 3 is 1.59 bits per heavy atom. The van der Waals surface area contributed by atoms with Crippen LogP contribution in [0.4, 0.5) is 50.5 Å². The van der Waals surface area contributed by atoms with E-state index < -0.39 is 0 Å². The zero-order chi connectivity index (χ0) is 52.2. The SMILES string of the molecule is Cc1cc2c(cc1N1c3cc(N(c4ccccc4)c4ccccc4)cc4c3B(c3ccc5c(c31)C(C)(C)CCC5(C)C)c1c(sc3ccc(C(C)(C)C)cc13)N4c1ccc(C(C)(C)C)cc1)C(C)(C)CCC2(C)C. The fraction of sp³-hybridized carbons (Fsp3) is 0.362. The van der Waals surface area contributed by atoms with E-state index in [2.05, 4.69) is 258 Å². The van der Waals surface area contributed by atoms with Crippen LogP contribution in [0.3, 0.4) is 0 Å². The Bertz CT molecular complexity index is 3510. The Kier molecular flexibility index (Phi) is 10.9. The monoisotopic (exact) mass is 990 g/mol. The van der Waals surface area contributed by atoms with Gasteiger partial charge in [-0.3, -0.25) is 0 Å². The molecule has 0 unspecified atom stereocenters. The maximum Gasteiger partial charge on any atom is 0.254 e. The van der Waals surface area contributed by atoms with Gasteiger partial charge in [-0.05, 0) is 186 Å².